The molecule has 2 aromatic rings. The topological polar surface area (TPSA) is 76.6 Å². The number of carbonyl (C=O) groups excluding carboxylic acids is 1. The van der Waals surface area contributed by atoms with Crippen molar-refractivity contribution in [2.75, 3.05) is 38.7 Å². The molecule has 1 aliphatic rings. The summed E-state index contributed by atoms with van der Waals surface area (Å²) in [6.07, 6.45) is -4.75. The average molecular weight is 382 g/mol. The van der Waals surface area contributed by atoms with E-state index in [1.54, 1.807) is 24.3 Å². The third-order valence-electron chi connectivity index (χ3n) is 3.94. The molecular weight excluding hydrogens is 365 g/mol. The molecular formula is C17H17F3N4O3. The minimum Gasteiger partial charge on any atom is -0.497 e. The van der Waals surface area contributed by atoms with Gasteiger partial charge in [-0.2, -0.15) is 13.2 Å². The second-order valence-corrected chi connectivity index (χ2v) is 5.75. The maximum Gasteiger partial charge on any atom is 0.418 e. The van der Waals surface area contributed by atoms with Crippen molar-refractivity contribution < 1.29 is 27.4 Å². The van der Waals surface area contributed by atoms with Crippen LogP contribution in [0.4, 0.5) is 24.7 Å². The van der Waals surface area contributed by atoms with Crippen LogP contribution in [0.1, 0.15) is 16.1 Å². The zero-order chi connectivity index (χ0) is 19.4. The highest BCUT2D eigenvalue weighted by Gasteiger charge is 2.38. The second kappa shape index (κ2) is 7.78. The summed E-state index contributed by atoms with van der Waals surface area (Å²) in [5.41, 5.74) is -1.39. The normalized spacial score (nSPS) is 14.7. The van der Waals surface area contributed by atoms with Crippen LogP contribution in [0.15, 0.2) is 30.3 Å². The van der Waals surface area contributed by atoms with Gasteiger partial charge in [0.05, 0.1) is 25.9 Å². The lowest BCUT2D eigenvalue weighted by atomic mass is 10.1. The zero-order valence-electron chi connectivity index (χ0n) is 14.4. The molecule has 1 aromatic carbocycles. The van der Waals surface area contributed by atoms with E-state index in [0.29, 0.717) is 11.4 Å². The van der Waals surface area contributed by atoms with Crippen molar-refractivity contribution in [2.24, 2.45) is 0 Å². The van der Waals surface area contributed by atoms with Gasteiger partial charge in [-0.25, -0.2) is 0 Å². The standard InChI is InChI=1S/C17H17F3N4O3/c1-26-12-4-2-3-11(9-12)21-14-10-13(17(18,19)20)15(23-22-14)16(25)24-5-7-27-8-6-24/h2-4,9-10H,5-8H2,1H3,(H,21,22). The van der Waals surface area contributed by atoms with E-state index >= 15 is 0 Å². The Hall–Kier alpha value is -2.88. The average Bonchev–Trinajstić information content (AvgIpc) is 2.67. The summed E-state index contributed by atoms with van der Waals surface area (Å²) in [4.78, 5) is 13.7. The highest BCUT2D eigenvalue weighted by atomic mass is 19.4. The molecule has 27 heavy (non-hydrogen) atoms. The molecule has 144 valence electrons. The van der Waals surface area contributed by atoms with E-state index in [0.717, 1.165) is 6.07 Å². The Bertz CT molecular complexity index is 823. The van der Waals surface area contributed by atoms with Crippen molar-refractivity contribution in [3.8, 4) is 5.75 Å². The smallest absolute Gasteiger partial charge is 0.418 e. The number of ether oxygens (including phenoxy) is 2. The van der Waals surface area contributed by atoms with Crippen LogP contribution in [0.5, 0.6) is 5.75 Å². The Morgan fingerprint density at radius 3 is 2.63 bits per heavy atom. The van der Waals surface area contributed by atoms with Gasteiger partial charge in [0.15, 0.2) is 11.5 Å². The van der Waals surface area contributed by atoms with Gasteiger partial charge in [0, 0.05) is 24.8 Å². The van der Waals surface area contributed by atoms with Crippen LogP contribution in [0.2, 0.25) is 0 Å². The maximum atomic E-state index is 13.5. The number of alkyl halides is 3. The van der Waals surface area contributed by atoms with Gasteiger partial charge in [-0.1, -0.05) is 6.07 Å². The number of carbonyl (C=O) groups is 1. The number of aromatic nitrogens is 2. The van der Waals surface area contributed by atoms with Gasteiger partial charge in [0.1, 0.15) is 5.75 Å². The molecule has 1 amide bonds. The van der Waals surface area contributed by atoms with E-state index in [4.69, 9.17) is 9.47 Å². The van der Waals surface area contributed by atoms with Gasteiger partial charge < -0.3 is 19.7 Å². The monoisotopic (exact) mass is 382 g/mol. The number of rotatable bonds is 4. The number of methoxy groups -OCH3 is 1. The summed E-state index contributed by atoms with van der Waals surface area (Å²) >= 11 is 0. The fourth-order valence-electron chi connectivity index (χ4n) is 2.59. The quantitative estimate of drug-likeness (QED) is 0.876. The number of hydrogen-bond acceptors (Lipinski definition) is 6. The van der Waals surface area contributed by atoms with Crippen molar-refractivity contribution in [1.82, 2.24) is 15.1 Å². The number of nitrogens with zero attached hydrogens (tertiary/aromatic N) is 3. The van der Waals surface area contributed by atoms with E-state index in [1.165, 1.54) is 12.0 Å². The molecule has 1 aliphatic heterocycles. The molecule has 1 saturated heterocycles. The summed E-state index contributed by atoms with van der Waals surface area (Å²) in [5.74, 6) is -0.414. The summed E-state index contributed by atoms with van der Waals surface area (Å²) < 4.78 is 50.7. The molecule has 10 heteroatoms. The van der Waals surface area contributed by atoms with Gasteiger partial charge >= 0.3 is 6.18 Å². The first-order chi connectivity index (χ1) is 12.9. The predicted octanol–water partition coefficient (Wildman–Crippen LogP) is 2.72. The molecule has 0 unspecified atom stereocenters. The molecule has 3 rings (SSSR count). The van der Waals surface area contributed by atoms with E-state index in [1.807, 2.05) is 0 Å². The number of amides is 1. The molecule has 0 bridgehead atoms. The van der Waals surface area contributed by atoms with Gasteiger partial charge in [-0.15, -0.1) is 10.2 Å². The SMILES string of the molecule is COc1cccc(Nc2cc(C(F)(F)F)c(C(=O)N3CCOCC3)nn2)c1. The summed E-state index contributed by atoms with van der Waals surface area (Å²) in [5, 5.41) is 10.0. The lowest BCUT2D eigenvalue weighted by Crippen LogP contribution is -2.41. The Morgan fingerprint density at radius 1 is 1.22 bits per heavy atom. The Morgan fingerprint density at radius 2 is 1.96 bits per heavy atom. The summed E-state index contributed by atoms with van der Waals surface area (Å²) in [7, 11) is 1.48. The van der Waals surface area contributed by atoms with E-state index in [-0.39, 0.29) is 32.1 Å². The van der Waals surface area contributed by atoms with Gasteiger partial charge in [0.2, 0.25) is 0 Å². The molecule has 0 atom stereocenters. The van der Waals surface area contributed by atoms with Crippen LogP contribution in [0, 0.1) is 0 Å². The molecule has 0 spiro atoms. The highest BCUT2D eigenvalue weighted by molar-refractivity contribution is 5.94. The summed E-state index contributed by atoms with van der Waals surface area (Å²) in [6, 6.07) is 7.39. The Labute approximate surface area is 153 Å². The van der Waals surface area contributed by atoms with Crippen LogP contribution >= 0.6 is 0 Å². The van der Waals surface area contributed by atoms with Crippen LogP contribution < -0.4 is 10.1 Å². The number of benzene rings is 1. The molecule has 1 aromatic heterocycles. The van der Waals surface area contributed by atoms with Crippen LogP contribution in [-0.4, -0.2) is 54.4 Å². The number of nitrogens with one attached hydrogen (secondary N) is 1. The van der Waals surface area contributed by atoms with Crippen LogP contribution in [0.25, 0.3) is 0 Å². The van der Waals surface area contributed by atoms with E-state index in [9.17, 15) is 18.0 Å². The molecule has 0 radical (unpaired) electrons. The number of morpholine rings is 1. The Balaban J connectivity index is 1.90. The third-order valence-corrected chi connectivity index (χ3v) is 3.94. The number of anilines is 2. The largest absolute Gasteiger partial charge is 0.497 e. The van der Waals surface area contributed by atoms with Gasteiger partial charge in [-0.3, -0.25) is 4.79 Å². The molecule has 7 nitrogen and oxygen atoms in total. The van der Waals surface area contributed by atoms with E-state index < -0.39 is 23.3 Å². The fraction of sp³-hybridized carbons (Fsp3) is 0.353. The van der Waals surface area contributed by atoms with Gasteiger partial charge in [0.25, 0.3) is 5.91 Å². The molecule has 0 saturated carbocycles. The lowest BCUT2D eigenvalue weighted by molar-refractivity contribution is -0.138. The molecule has 1 N–H and O–H groups in total. The van der Waals surface area contributed by atoms with Crippen molar-refractivity contribution in [1.29, 1.82) is 0 Å². The molecule has 0 aliphatic carbocycles. The first kappa shape index (κ1) is 18.9. The molecule has 2 heterocycles. The predicted molar refractivity (Wildman–Crippen MR) is 90.0 cm³/mol. The van der Waals surface area contributed by atoms with Crippen LogP contribution in [0.3, 0.4) is 0 Å². The summed E-state index contributed by atoms with van der Waals surface area (Å²) in [6.45, 7) is 0.968. The van der Waals surface area contributed by atoms with E-state index in [2.05, 4.69) is 15.5 Å². The first-order valence-electron chi connectivity index (χ1n) is 8.11. The molecule has 1 fully saturated rings. The zero-order valence-corrected chi connectivity index (χ0v) is 14.4. The number of hydrogen-bond donors (Lipinski definition) is 1. The Kier molecular flexibility index (Phi) is 5.45. The maximum absolute atomic E-state index is 13.5. The lowest BCUT2D eigenvalue weighted by Gasteiger charge is -2.27. The third kappa shape index (κ3) is 4.45. The van der Waals surface area contributed by atoms with Crippen molar-refractivity contribution in [3.63, 3.8) is 0 Å². The van der Waals surface area contributed by atoms with Crippen LogP contribution in [-0.2, 0) is 10.9 Å². The van der Waals surface area contributed by atoms with Crippen molar-refractivity contribution in [2.45, 2.75) is 6.18 Å². The van der Waals surface area contributed by atoms with Crippen molar-refractivity contribution in [3.05, 3.63) is 41.6 Å². The first-order valence-corrected chi connectivity index (χ1v) is 8.11. The minimum absolute atomic E-state index is 0.130. The van der Waals surface area contributed by atoms with Gasteiger partial charge in [-0.05, 0) is 18.2 Å². The highest BCUT2D eigenvalue weighted by Crippen LogP contribution is 2.33. The second-order valence-electron chi connectivity index (χ2n) is 5.75. The fourth-order valence-corrected chi connectivity index (χ4v) is 2.59. The minimum atomic E-state index is -4.75. The number of halogens is 3. The van der Waals surface area contributed by atoms with Crippen molar-refractivity contribution >= 4 is 17.4 Å².